The zero-order valence-electron chi connectivity index (χ0n) is 31.8. The van der Waals surface area contributed by atoms with Crippen molar-refractivity contribution in [3.05, 3.63) is 82.8 Å². The van der Waals surface area contributed by atoms with Crippen LogP contribution < -0.4 is 16.0 Å². The van der Waals surface area contributed by atoms with E-state index in [0.29, 0.717) is 29.7 Å². The molecule has 0 radical (unpaired) electrons. The Morgan fingerprint density at radius 2 is 1.75 bits per heavy atom. The van der Waals surface area contributed by atoms with Gasteiger partial charge in [-0.3, -0.25) is 43.8 Å². The number of hydrogen-bond donors (Lipinski definition) is 4. The molecule has 0 spiro atoms. The summed E-state index contributed by atoms with van der Waals surface area (Å²) in [6, 6.07) is 14.2. The third-order valence-corrected chi connectivity index (χ3v) is 11.5. The number of likely N-dealkylation sites (tertiary alicyclic amines) is 1. The largest absolute Gasteiger partial charge is 0.384 e. The zero-order valence-corrected chi connectivity index (χ0v) is 31.8. The number of unbranched alkanes of at least 4 members (excludes halogenated alkanes) is 5. The second kappa shape index (κ2) is 15.7. The zero-order chi connectivity index (χ0) is 38.9. The molecule has 14 nitrogen and oxygen atoms in total. The van der Waals surface area contributed by atoms with Crippen LogP contribution in [0.1, 0.15) is 113 Å². The molecule has 2 fully saturated rings. The number of aryl methyl sites for hydroxylation is 2. The van der Waals surface area contributed by atoms with Crippen LogP contribution in [0.2, 0.25) is 0 Å². The molecule has 8 rings (SSSR count). The normalized spacial score (nSPS) is 18.6. The molecule has 0 aliphatic carbocycles. The van der Waals surface area contributed by atoms with Crippen LogP contribution in [0.5, 0.6) is 0 Å². The Morgan fingerprint density at radius 1 is 0.929 bits per heavy atom. The van der Waals surface area contributed by atoms with Gasteiger partial charge in [-0.2, -0.15) is 5.10 Å². The number of amides is 5. The second-order valence-corrected chi connectivity index (χ2v) is 15.2. The molecule has 3 aromatic heterocycles. The third kappa shape index (κ3) is 7.28. The van der Waals surface area contributed by atoms with Crippen LogP contribution >= 0.6 is 0 Å². The number of aromatic nitrogens is 4. The van der Waals surface area contributed by atoms with Crippen LogP contribution in [0.25, 0.3) is 21.8 Å². The smallest absolute Gasteiger partial charge is 0.264 e. The molecule has 0 saturated carbocycles. The first kappa shape index (κ1) is 37.1. The predicted octanol–water partition coefficient (Wildman–Crippen LogP) is 6.09. The fraction of sp³-hybridized carbons (Fsp3) is 0.405. The molecule has 2 aromatic carbocycles. The number of nitrogens with zero attached hydrogens (tertiary/aromatic N) is 5. The van der Waals surface area contributed by atoms with E-state index in [4.69, 9.17) is 5.10 Å². The van der Waals surface area contributed by atoms with E-state index in [2.05, 4.69) is 50.9 Å². The minimum Gasteiger partial charge on any atom is -0.384 e. The Kier molecular flexibility index (Phi) is 10.4. The Balaban J connectivity index is 0.775. The molecular weight excluding hydrogens is 711 g/mol. The fourth-order valence-electron chi connectivity index (χ4n) is 8.39. The summed E-state index contributed by atoms with van der Waals surface area (Å²) in [4.78, 5) is 75.0. The topological polar surface area (TPSA) is 174 Å². The summed E-state index contributed by atoms with van der Waals surface area (Å²) < 4.78 is 2.03. The summed E-state index contributed by atoms with van der Waals surface area (Å²) in [7, 11) is 2.15. The molecule has 2 atom stereocenters. The van der Waals surface area contributed by atoms with Gasteiger partial charge in [0.05, 0.1) is 22.2 Å². The van der Waals surface area contributed by atoms with E-state index in [-0.39, 0.29) is 29.9 Å². The van der Waals surface area contributed by atoms with Crippen LogP contribution in [-0.4, -0.2) is 85.3 Å². The molecule has 6 heterocycles. The summed E-state index contributed by atoms with van der Waals surface area (Å²) in [5, 5.41) is 15.4. The molecule has 3 aliphatic heterocycles. The van der Waals surface area contributed by atoms with Crippen molar-refractivity contribution in [3.63, 3.8) is 0 Å². The first-order chi connectivity index (χ1) is 27.2. The number of H-pyrrole nitrogens is 1. The lowest BCUT2D eigenvalue weighted by atomic mass is 10.0. The van der Waals surface area contributed by atoms with Crippen LogP contribution in [0, 0.1) is 6.92 Å². The quantitative estimate of drug-likeness (QED) is 0.0772. The predicted molar refractivity (Wildman–Crippen MR) is 212 cm³/mol. The lowest BCUT2D eigenvalue weighted by Crippen LogP contribution is -2.54. The van der Waals surface area contributed by atoms with Crippen molar-refractivity contribution in [2.75, 3.05) is 30.8 Å². The summed E-state index contributed by atoms with van der Waals surface area (Å²) in [6.45, 7) is 4.60. The molecule has 4 N–H and O–H groups in total. The van der Waals surface area contributed by atoms with E-state index in [0.717, 1.165) is 90.4 Å². The summed E-state index contributed by atoms with van der Waals surface area (Å²) in [5.74, 6) is -1.75. The van der Waals surface area contributed by atoms with Crippen molar-refractivity contribution in [2.45, 2.75) is 89.8 Å². The summed E-state index contributed by atoms with van der Waals surface area (Å²) in [5.41, 5.74) is 5.68. The second-order valence-electron chi connectivity index (χ2n) is 15.2. The van der Waals surface area contributed by atoms with Gasteiger partial charge in [0.1, 0.15) is 11.9 Å². The van der Waals surface area contributed by atoms with Crippen molar-refractivity contribution < 1.29 is 24.0 Å². The molecular formula is C42H47N9O5. The highest BCUT2D eigenvalue weighted by Gasteiger charge is 2.45. The number of fused-ring (bicyclic) bond motifs is 3. The fourth-order valence-corrected chi connectivity index (χ4v) is 8.39. The molecule has 5 amide bonds. The standard InChI is InChI=1S/C42H47N9O5/c1-25-28-15-14-26(39(53)46-36-23-31-27(24-44-36)22-33(45-31)34-13-10-19-49(34)2)21-32(28)48-50(25)20-8-6-4-3-5-7-18-43-30-12-9-11-29-38(30)42(56)51(41(29)55)35-16-17-37(52)47-40(35)54/h9,11-12,14-15,21-24,34-35,43,45H,3-8,10,13,16-20H2,1-2H3,(H,44,46,53)(H,47,52,54)/t34-,35?/m1/s1. The van der Waals surface area contributed by atoms with E-state index >= 15 is 0 Å². The number of hydrogen-bond acceptors (Lipinski definition) is 9. The highest BCUT2D eigenvalue weighted by Crippen LogP contribution is 2.34. The van der Waals surface area contributed by atoms with Gasteiger partial charge in [-0.15, -0.1) is 0 Å². The Labute approximate surface area is 324 Å². The van der Waals surface area contributed by atoms with E-state index in [1.807, 2.05) is 28.9 Å². The van der Waals surface area contributed by atoms with Gasteiger partial charge in [0, 0.05) is 71.2 Å². The van der Waals surface area contributed by atoms with Gasteiger partial charge < -0.3 is 15.6 Å². The number of pyridine rings is 1. The minimum atomic E-state index is -0.983. The maximum Gasteiger partial charge on any atom is 0.264 e. The van der Waals surface area contributed by atoms with Crippen molar-refractivity contribution >= 4 is 62.8 Å². The highest BCUT2D eigenvalue weighted by atomic mass is 16.2. The van der Waals surface area contributed by atoms with E-state index in [1.165, 1.54) is 12.1 Å². The monoisotopic (exact) mass is 757 g/mol. The maximum atomic E-state index is 13.3. The average molecular weight is 758 g/mol. The number of aromatic amines is 1. The molecule has 56 heavy (non-hydrogen) atoms. The van der Waals surface area contributed by atoms with Crippen molar-refractivity contribution in [1.82, 2.24) is 34.9 Å². The van der Waals surface area contributed by atoms with Gasteiger partial charge in [-0.05, 0) is 83.0 Å². The van der Waals surface area contributed by atoms with Gasteiger partial charge in [0.25, 0.3) is 17.7 Å². The molecule has 2 saturated heterocycles. The molecule has 14 heteroatoms. The van der Waals surface area contributed by atoms with Crippen molar-refractivity contribution in [2.24, 2.45) is 0 Å². The number of rotatable bonds is 14. The van der Waals surface area contributed by atoms with Crippen molar-refractivity contribution in [1.29, 1.82) is 0 Å². The molecule has 290 valence electrons. The maximum absolute atomic E-state index is 13.3. The van der Waals surface area contributed by atoms with Crippen LogP contribution in [0.15, 0.2) is 54.7 Å². The minimum absolute atomic E-state index is 0.0863. The molecule has 1 unspecified atom stereocenters. The van der Waals surface area contributed by atoms with E-state index in [9.17, 15) is 24.0 Å². The van der Waals surface area contributed by atoms with E-state index < -0.39 is 29.7 Å². The SMILES string of the molecule is Cc1c2ccc(C(=O)Nc3cc4[nH]c([C@H]5CCCN5C)cc4cn3)cc2nn1CCCCCCCCNc1cccc2c1C(=O)N(C1CCC(=O)NC1=O)C2=O. The first-order valence-electron chi connectivity index (χ1n) is 19.7. The number of imide groups is 2. The summed E-state index contributed by atoms with van der Waals surface area (Å²) >= 11 is 0. The molecule has 5 aromatic rings. The molecule has 0 bridgehead atoms. The van der Waals surface area contributed by atoms with E-state index in [1.54, 1.807) is 24.4 Å². The Morgan fingerprint density at radius 3 is 2.55 bits per heavy atom. The van der Waals surface area contributed by atoms with Crippen LogP contribution in [0.4, 0.5) is 11.5 Å². The highest BCUT2D eigenvalue weighted by molar-refractivity contribution is 6.25. The van der Waals surface area contributed by atoms with Crippen LogP contribution in [0.3, 0.4) is 0 Å². The number of benzene rings is 2. The third-order valence-electron chi connectivity index (χ3n) is 11.5. The van der Waals surface area contributed by atoms with Gasteiger partial charge in [-0.25, -0.2) is 4.98 Å². The number of anilines is 2. The number of carbonyl (C=O) groups is 5. The lowest BCUT2D eigenvalue weighted by Gasteiger charge is -2.27. The first-order valence-corrected chi connectivity index (χ1v) is 19.7. The Hall–Kier alpha value is -5.89. The van der Waals surface area contributed by atoms with Gasteiger partial charge in [0.15, 0.2) is 0 Å². The summed E-state index contributed by atoms with van der Waals surface area (Å²) in [6.07, 6.45) is 10.5. The van der Waals surface area contributed by atoms with Gasteiger partial charge in [0.2, 0.25) is 11.8 Å². The lowest BCUT2D eigenvalue weighted by molar-refractivity contribution is -0.136. The number of piperidine rings is 1. The Bertz CT molecular complexity index is 2360. The van der Waals surface area contributed by atoms with Crippen molar-refractivity contribution in [3.8, 4) is 0 Å². The number of carbonyl (C=O) groups excluding carboxylic acids is 5. The van der Waals surface area contributed by atoms with Gasteiger partial charge >= 0.3 is 0 Å². The molecule has 3 aliphatic rings. The van der Waals surface area contributed by atoms with Crippen LogP contribution in [-0.2, 0) is 16.1 Å². The average Bonchev–Trinajstić information content (AvgIpc) is 3.95. The van der Waals surface area contributed by atoms with Gasteiger partial charge in [-0.1, -0.05) is 37.8 Å². The number of nitrogens with one attached hydrogen (secondary N) is 4.